The van der Waals surface area contributed by atoms with Crippen molar-refractivity contribution in [3.05, 3.63) is 107 Å². The van der Waals surface area contributed by atoms with Crippen LogP contribution in [0, 0.1) is 5.82 Å². The number of fused-ring (bicyclic) bond motifs is 2. The molecule has 15 nitrogen and oxygen atoms in total. The van der Waals surface area contributed by atoms with Gasteiger partial charge in [-0.15, -0.1) is 0 Å². The van der Waals surface area contributed by atoms with Gasteiger partial charge in [-0.05, 0) is 94.1 Å². The van der Waals surface area contributed by atoms with Crippen molar-refractivity contribution in [3.63, 3.8) is 0 Å². The normalized spacial score (nSPS) is 12.7. The fraction of sp³-hybridized carbons (Fsp3) is 0.250. The smallest absolute Gasteiger partial charge is 0.313 e. The van der Waals surface area contributed by atoms with E-state index < -0.39 is 17.8 Å². The Bertz CT molecular complexity index is 2800. The number of nitrogens with zero attached hydrogens (tertiary/aromatic N) is 4. The number of nitrogens with one attached hydrogen (secondary N) is 3. The monoisotopic (exact) mass is 849 g/mol. The number of hydrogen-bond acceptors (Lipinski definition) is 13. The lowest BCUT2D eigenvalue weighted by atomic mass is 10.0. The summed E-state index contributed by atoms with van der Waals surface area (Å²) in [6.07, 6.45) is 6.98. The number of halogens is 2. The van der Waals surface area contributed by atoms with Gasteiger partial charge in [0.25, 0.3) is 11.8 Å². The van der Waals surface area contributed by atoms with Crippen LogP contribution < -0.4 is 24.8 Å². The molecular weight excluding hydrogens is 809 g/mol. The first-order valence-corrected chi connectivity index (χ1v) is 19.9. The van der Waals surface area contributed by atoms with Crippen molar-refractivity contribution in [1.29, 1.82) is 0 Å². The van der Waals surface area contributed by atoms with Crippen molar-refractivity contribution < 1.29 is 42.3 Å². The number of ether oxygens (including phenoxy) is 4. The van der Waals surface area contributed by atoms with Crippen LogP contribution in [-0.2, 0) is 32.0 Å². The highest BCUT2D eigenvalue weighted by Crippen LogP contribution is 2.36. The standard InChI is InChI=1S/C44H41ClFN7O8/c1-23(2)57-34-14-9-25(17-31(34)45)43-50-42(51-61-43)30-12-13-32(46)39-27(20-48-41(30)39)11-16-38(55)59-37(54)15-10-26-19-47-40-29(26)7-6-8-33(40)53-22-36(60-52-53)28-18-35(56-5)44(49-21-28)58-24(3)4/h6-9,12-14,17-24,47-48,52H,10-11,15-16H2,1-5H3. The zero-order chi connectivity index (χ0) is 42.8. The molecule has 4 aromatic heterocycles. The predicted octanol–water partition coefficient (Wildman–Crippen LogP) is 9.03. The molecule has 7 aromatic rings. The van der Waals surface area contributed by atoms with Gasteiger partial charge in [0.2, 0.25) is 5.82 Å². The molecule has 0 unspecified atom stereocenters. The molecule has 1 aliphatic heterocycles. The zero-order valence-corrected chi connectivity index (χ0v) is 34.6. The number of hydrazine groups is 1. The summed E-state index contributed by atoms with van der Waals surface area (Å²) in [5.41, 5.74) is 8.04. The van der Waals surface area contributed by atoms with Crippen LogP contribution in [0.25, 0.3) is 50.4 Å². The molecule has 314 valence electrons. The van der Waals surface area contributed by atoms with Gasteiger partial charge in [-0.3, -0.25) is 9.59 Å². The highest BCUT2D eigenvalue weighted by atomic mass is 35.5. The molecule has 0 fully saturated rings. The predicted molar refractivity (Wildman–Crippen MR) is 225 cm³/mol. The minimum Gasteiger partial charge on any atom is -0.491 e. The maximum absolute atomic E-state index is 15.3. The molecule has 8 rings (SSSR count). The molecule has 0 saturated heterocycles. The SMILES string of the molecule is COc1cc(C2=CN(c3cccc4c(CCC(=O)OC(=O)CCc5c[nH]c6c(-c7noc(-c8ccc(OC(C)C)c(Cl)c8)n7)ccc(F)c56)c[nH]c34)NO2)cnc1OC(C)C. The Labute approximate surface area is 353 Å². The summed E-state index contributed by atoms with van der Waals surface area (Å²) in [6, 6.07) is 15.5. The van der Waals surface area contributed by atoms with E-state index in [0.29, 0.717) is 62.4 Å². The van der Waals surface area contributed by atoms with Crippen molar-refractivity contribution >= 4 is 56.8 Å². The second kappa shape index (κ2) is 17.4. The maximum atomic E-state index is 15.3. The molecule has 0 amide bonds. The Kier molecular flexibility index (Phi) is 11.6. The number of rotatable bonds is 15. The van der Waals surface area contributed by atoms with E-state index in [1.807, 2.05) is 52.1 Å². The van der Waals surface area contributed by atoms with E-state index >= 15 is 4.39 Å². The summed E-state index contributed by atoms with van der Waals surface area (Å²) in [6.45, 7) is 7.63. The molecule has 3 aromatic carbocycles. The third-order valence-corrected chi connectivity index (χ3v) is 10.0. The molecule has 5 heterocycles. The lowest BCUT2D eigenvalue weighted by molar-refractivity contribution is -0.159. The number of pyridine rings is 1. The number of benzene rings is 3. The Balaban J connectivity index is 0.879. The average molecular weight is 850 g/mol. The number of para-hydroxylation sites is 1. The molecule has 0 bridgehead atoms. The van der Waals surface area contributed by atoms with Crippen LogP contribution in [0.15, 0.2) is 83.9 Å². The van der Waals surface area contributed by atoms with Gasteiger partial charge in [0.15, 0.2) is 11.5 Å². The van der Waals surface area contributed by atoms with E-state index in [1.54, 1.807) is 61.0 Å². The fourth-order valence-electron chi connectivity index (χ4n) is 6.94. The first-order valence-electron chi connectivity index (χ1n) is 19.5. The van der Waals surface area contributed by atoms with Crippen molar-refractivity contribution in [1.82, 2.24) is 30.7 Å². The number of carbonyl (C=O) groups is 2. The Hall–Kier alpha value is -6.91. The second-order valence-electron chi connectivity index (χ2n) is 14.7. The zero-order valence-electron chi connectivity index (χ0n) is 33.8. The van der Waals surface area contributed by atoms with E-state index in [-0.39, 0.29) is 48.6 Å². The van der Waals surface area contributed by atoms with Gasteiger partial charge in [0.1, 0.15) is 11.6 Å². The number of carbonyl (C=O) groups excluding carboxylic acids is 2. The number of hydrogen-bond donors (Lipinski definition) is 3. The molecule has 0 radical (unpaired) electrons. The van der Waals surface area contributed by atoms with Gasteiger partial charge in [0.05, 0.1) is 60.1 Å². The van der Waals surface area contributed by atoms with Crippen LogP contribution in [0.2, 0.25) is 5.02 Å². The van der Waals surface area contributed by atoms with Crippen LogP contribution in [-0.4, -0.2) is 56.3 Å². The third kappa shape index (κ3) is 8.72. The van der Waals surface area contributed by atoms with E-state index in [9.17, 15) is 9.59 Å². The van der Waals surface area contributed by atoms with Gasteiger partial charge >= 0.3 is 11.9 Å². The summed E-state index contributed by atoms with van der Waals surface area (Å²) >= 11 is 6.41. The van der Waals surface area contributed by atoms with Crippen molar-refractivity contribution in [2.45, 2.75) is 65.6 Å². The van der Waals surface area contributed by atoms with Crippen LogP contribution in [0.4, 0.5) is 10.1 Å². The third-order valence-electron chi connectivity index (χ3n) is 9.71. The first-order chi connectivity index (χ1) is 29.4. The van der Waals surface area contributed by atoms with Crippen LogP contribution in [0.1, 0.15) is 57.2 Å². The van der Waals surface area contributed by atoms with Crippen LogP contribution >= 0.6 is 11.6 Å². The molecule has 0 atom stereocenters. The van der Waals surface area contributed by atoms with Gasteiger partial charge in [-0.25, -0.2) is 14.4 Å². The van der Waals surface area contributed by atoms with Gasteiger partial charge in [-0.2, -0.15) is 4.98 Å². The lowest BCUT2D eigenvalue weighted by Gasteiger charge is -2.14. The molecule has 0 aliphatic carbocycles. The number of aromatic amines is 2. The minimum absolute atomic E-state index is 0.0385. The molecule has 17 heteroatoms. The summed E-state index contributed by atoms with van der Waals surface area (Å²) in [5, 5.41) is 7.39. The van der Waals surface area contributed by atoms with E-state index in [1.165, 1.54) is 6.07 Å². The number of esters is 2. The molecule has 3 N–H and O–H groups in total. The maximum Gasteiger partial charge on any atom is 0.313 e. The van der Waals surface area contributed by atoms with Crippen LogP contribution in [0.3, 0.4) is 0 Å². The number of methoxy groups -OCH3 is 1. The quantitative estimate of drug-likeness (QED) is 0.0658. The number of H-pyrrole nitrogens is 2. The minimum atomic E-state index is -0.721. The Morgan fingerprint density at radius 3 is 2.39 bits per heavy atom. The van der Waals surface area contributed by atoms with Crippen molar-refractivity contribution in [2.24, 2.45) is 0 Å². The summed E-state index contributed by atoms with van der Waals surface area (Å²) in [4.78, 5) is 46.8. The first kappa shape index (κ1) is 40.9. The van der Waals surface area contributed by atoms with Crippen molar-refractivity contribution in [2.75, 3.05) is 12.1 Å². The molecule has 0 spiro atoms. The summed E-state index contributed by atoms with van der Waals surface area (Å²) in [5.74, 6) is 0.464. The largest absolute Gasteiger partial charge is 0.491 e. The summed E-state index contributed by atoms with van der Waals surface area (Å²) < 4.78 is 42.9. The summed E-state index contributed by atoms with van der Waals surface area (Å²) in [7, 11) is 1.55. The molecule has 61 heavy (non-hydrogen) atoms. The van der Waals surface area contributed by atoms with E-state index in [2.05, 4.69) is 30.7 Å². The number of anilines is 1. The molecule has 0 saturated carbocycles. The highest BCUT2D eigenvalue weighted by molar-refractivity contribution is 6.32. The Morgan fingerprint density at radius 2 is 1.64 bits per heavy atom. The van der Waals surface area contributed by atoms with Gasteiger partial charge in [-0.1, -0.05) is 34.5 Å². The van der Waals surface area contributed by atoms with Crippen molar-refractivity contribution in [3.8, 4) is 40.2 Å². The highest BCUT2D eigenvalue weighted by Gasteiger charge is 2.24. The van der Waals surface area contributed by atoms with E-state index in [4.69, 9.17) is 39.9 Å². The van der Waals surface area contributed by atoms with Crippen LogP contribution in [0.5, 0.6) is 17.4 Å². The molecule has 1 aliphatic rings. The van der Waals surface area contributed by atoms with E-state index in [0.717, 1.165) is 22.2 Å². The topological polar surface area (TPSA) is 179 Å². The van der Waals surface area contributed by atoms with Gasteiger partial charge in [0, 0.05) is 46.1 Å². The second-order valence-corrected chi connectivity index (χ2v) is 15.1. The fourth-order valence-corrected chi connectivity index (χ4v) is 7.17. The lowest BCUT2D eigenvalue weighted by Crippen LogP contribution is -2.27. The van der Waals surface area contributed by atoms with Gasteiger partial charge < -0.3 is 38.3 Å². The molecular formula is C44H41ClFN7O8. The Morgan fingerprint density at radius 1 is 0.885 bits per heavy atom. The number of aryl methyl sites for hydroxylation is 2. The average Bonchev–Trinajstić information content (AvgIpc) is 4.07. The number of aromatic nitrogens is 5.